The van der Waals surface area contributed by atoms with Crippen molar-refractivity contribution in [1.82, 2.24) is 4.90 Å². The van der Waals surface area contributed by atoms with Gasteiger partial charge in [0.2, 0.25) is 5.91 Å². The summed E-state index contributed by atoms with van der Waals surface area (Å²) in [7, 11) is 1.81. The van der Waals surface area contributed by atoms with Crippen LogP contribution < -0.4 is 10.5 Å². The van der Waals surface area contributed by atoms with Crippen LogP contribution in [0, 0.1) is 0 Å². The van der Waals surface area contributed by atoms with Gasteiger partial charge in [0.15, 0.2) is 0 Å². The van der Waals surface area contributed by atoms with Crippen molar-refractivity contribution in [3.63, 3.8) is 0 Å². The van der Waals surface area contributed by atoms with Crippen LogP contribution in [0.25, 0.3) is 0 Å². The summed E-state index contributed by atoms with van der Waals surface area (Å²) in [6.45, 7) is 7.00. The molecule has 0 aliphatic carbocycles. The van der Waals surface area contributed by atoms with Gasteiger partial charge in [0.05, 0.1) is 6.61 Å². The van der Waals surface area contributed by atoms with Crippen molar-refractivity contribution < 1.29 is 9.53 Å². The Balaban J connectivity index is 2.61. The Labute approximate surface area is 121 Å². The zero-order valence-electron chi connectivity index (χ0n) is 13.0. The molecule has 0 aliphatic rings. The minimum Gasteiger partial charge on any atom is -0.494 e. The Morgan fingerprint density at radius 1 is 1.35 bits per heavy atom. The predicted octanol–water partition coefficient (Wildman–Crippen LogP) is 2.56. The van der Waals surface area contributed by atoms with Gasteiger partial charge in [-0.25, -0.2) is 0 Å². The number of para-hydroxylation sites is 1. The topological polar surface area (TPSA) is 55.6 Å². The summed E-state index contributed by atoms with van der Waals surface area (Å²) in [5.41, 5.74) is 6.63. The third-order valence-corrected chi connectivity index (χ3v) is 3.09. The average molecular weight is 278 g/mol. The van der Waals surface area contributed by atoms with Crippen LogP contribution >= 0.6 is 0 Å². The number of hydrogen-bond acceptors (Lipinski definition) is 3. The van der Waals surface area contributed by atoms with Gasteiger partial charge < -0.3 is 15.4 Å². The van der Waals surface area contributed by atoms with E-state index >= 15 is 0 Å². The molecule has 0 radical (unpaired) electrons. The van der Waals surface area contributed by atoms with Crippen molar-refractivity contribution in [3.05, 3.63) is 29.8 Å². The standard InChI is InChI=1S/C16H26N2O2/c1-5-20-14-9-7-6-8-13(14)12-18(4)15(19)10-11-16(2,3)17/h6-9H,5,10-12,17H2,1-4H3. The van der Waals surface area contributed by atoms with Crippen molar-refractivity contribution in [2.24, 2.45) is 5.73 Å². The molecular weight excluding hydrogens is 252 g/mol. The first kappa shape index (κ1) is 16.5. The molecule has 4 nitrogen and oxygen atoms in total. The lowest BCUT2D eigenvalue weighted by Gasteiger charge is -2.22. The number of carbonyl (C=O) groups is 1. The molecule has 0 aromatic heterocycles. The molecule has 1 amide bonds. The van der Waals surface area contributed by atoms with Crippen LogP contribution in [0.15, 0.2) is 24.3 Å². The molecule has 0 fully saturated rings. The molecule has 1 rings (SSSR count). The lowest BCUT2D eigenvalue weighted by Crippen LogP contribution is -2.34. The zero-order chi connectivity index (χ0) is 15.2. The lowest BCUT2D eigenvalue weighted by molar-refractivity contribution is -0.130. The van der Waals surface area contributed by atoms with E-state index in [1.807, 2.05) is 52.1 Å². The number of benzene rings is 1. The molecule has 2 N–H and O–H groups in total. The van der Waals surface area contributed by atoms with Crippen LogP contribution in [0.5, 0.6) is 5.75 Å². The fourth-order valence-electron chi connectivity index (χ4n) is 1.89. The highest BCUT2D eigenvalue weighted by atomic mass is 16.5. The monoisotopic (exact) mass is 278 g/mol. The van der Waals surface area contributed by atoms with Crippen LogP contribution in [0.4, 0.5) is 0 Å². The number of nitrogens with zero attached hydrogens (tertiary/aromatic N) is 1. The van der Waals surface area contributed by atoms with Gasteiger partial charge in [-0.15, -0.1) is 0 Å². The lowest BCUT2D eigenvalue weighted by atomic mass is 10.00. The molecule has 0 saturated heterocycles. The van der Waals surface area contributed by atoms with Crippen LogP contribution in [0.3, 0.4) is 0 Å². The molecule has 0 unspecified atom stereocenters. The number of amides is 1. The molecule has 0 saturated carbocycles. The minimum atomic E-state index is -0.306. The highest BCUT2D eigenvalue weighted by Crippen LogP contribution is 2.20. The van der Waals surface area contributed by atoms with E-state index in [4.69, 9.17) is 10.5 Å². The van der Waals surface area contributed by atoms with Crippen LogP contribution in [-0.2, 0) is 11.3 Å². The summed E-state index contributed by atoms with van der Waals surface area (Å²) in [5, 5.41) is 0. The summed E-state index contributed by atoms with van der Waals surface area (Å²) < 4.78 is 5.57. The van der Waals surface area contributed by atoms with Crippen molar-refractivity contribution in [3.8, 4) is 5.75 Å². The summed E-state index contributed by atoms with van der Waals surface area (Å²) in [6.07, 6.45) is 1.15. The molecular formula is C16H26N2O2. The molecule has 4 heteroatoms. The SMILES string of the molecule is CCOc1ccccc1CN(C)C(=O)CCC(C)(C)N. The molecule has 20 heavy (non-hydrogen) atoms. The number of carbonyl (C=O) groups excluding carboxylic acids is 1. The van der Waals surface area contributed by atoms with Gasteiger partial charge in [-0.1, -0.05) is 18.2 Å². The van der Waals surface area contributed by atoms with Gasteiger partial charge in [0, 0.05) is 31.1 Å². The normalized spacial score (nSPS) is 11.2. The Morgan fingerprint density at radius 2 is 2.00 bits per heavy atom. The van der Waals surface area contributed by atoms with E-state index < -0.39 is 0 Å². The van der Waals surface area contributed by atoms with Gasteiger partial charge >= 0.3 is 0 Å². The van der Waals surface area contributed by atoms with Crippen molar-refractivity contribution in [2.75, 3.05) is 13.7 Å². The van der Waals surface area contributed by atoms with Gasteiger partial charge in [-0.3, -0.25) is 4.79 Å². The van der Waals surface area contributed by atoms with Crippen molar-refractivity contribution in [2.45, 2.75) is 45.7 Å². The first-order valence-corrected chi connectivity index (χ1v) is 7.07. The van der Waals surface area contributed by atoms with E-state index in [9.17, 15) is 4.79 Å². The maximum absolute atomic E-state index is 12.1. The van der Waals surface area contributed by atoms with Crippen LogP contribution in [0.1, 0.15) is 39.2 Å². The number of ether oxygens (including phenoxy) is 1. The zero-order valence-corrected chi connectivity index (χ0v) is 13.0. The minimum absolute atomic E-state index is 0.106. The molecule has 0 bridgehead atoms. The third-order valence-electron chi connectivity index (χ3n) is 3.09. The first-order valence-electron chi connectivity index (χ1n) is 7.07. The molecule has 0 spiro atoms. The number of nitrogens with two attached hydrogens (primary N) is 1. The Hall–Kier alpha value is -1.55. The van der Waals surface area contributed by atoms with Gasteiger partial charge in [0.1, 0.15) is 5.75 Å². The Kier molecular flexibility index (Phi) is 6.02. The third kappa shape index (κ3) is 5.61. The fraction of sp³-hybridized carbons (Fsp3) is 0.562. The molecule has 112 valence electrons. The average Bonchev–Trinajstić information content (AvgIpc) is 2.37. The van der Waals surface area contributed by atoms with Crippen LogP contribution in [0.2, 0.25) is 0 Å². The van der Waals surface area contributed by atoms with E-state index in [-0.39, 0.29) is 11.4 Å². The van der Waals surface area contributed by atoms with Crippen molar-refractivity contribution >= 4 is 5.91 Å². The van der Waals surface area contributed by atoms with Gasteiger partial charge in [-0.2, -0.15) is 0 Å². The van der Waals surface area contributed by atoms with E-state index in [0.717, 1.165) is 11.3 Å². The maximum atomic E-state index is 12.1. The molecule has 0 heterocycles. The second-order valence-electron chi connectivity index (χ2n) is 5.78. The highest BCUT2D eigenvalue weighted by molar-refractivity contribution is 5.76. The maximum Gasteiger partial charge on any atom is 0.222 e. The largest absolute Gasteiger partial charge is 0.494 e. The van der Waals surface area contributed by atoms with E-state index in [2.05, 4.69) is 0 Å². The molecule has 0 aliphatic heterocycles. The predicted molar refractivity (Wildman–Crippen MR) is 81.6 cm³/mol. The van der Waals surface area contributed by atoms with Gasteiger partial charge in [0.25, 0.3) is 0 Å². The Morgan fingerprint density at radius 3 is 2.60 bits per heavy atom. The van der Waals surface area contributed by atoms with Crippen LogP contribution in [-0.4, -0.2) is 30.0 Å². The smallest absolute Gasteiger partial charge is 0.222 e. The van der Waals surface area contributed by atoms with Gasteiger partial charge in [-0.05, 0) is 33.3 Å². The second-order valence-corrected chi connectivity index (χ2v) is 5.78. The quantitative estimate of drug-likeness (QED) is 0.834. The molecule has 1 aromatic carbocycles. The number of rotatable bonds is 7. The van der Waals surface area contributed by atoms with E-state index in [1.165, 1.54) is 0 Å². The summed E-state index contributed by atoms with van der Waals surface area (Å²) in [4.78, 5) is 13.8. The summed E-state index contributed by atoms with van der Waals surface area (Å²) >= 11 is 0. The van der Waals surface area contributed by atoms with Crippen molar-refractivity contribution in [1.29, 1.82) is 0 Å². The molecule has 0 atom stereocenters. The first-order chi connectivity index (χ1) is 9.33. The molecule has 1 aromatic rings. The summed E-state index contributed by atoms with van der Waals surface area (Å²) in [5.74, 6) is 0.948. The fourth-order valence-corrected chi connectivity index (χ4v) is 1.89. The highest BCUT2D eigenvalue weighted by Gasteiger charge is 2.16. The van der Waals surface area contributed by atoms with E-state index in [0.29, 0.717) is 26.0 Å². The number of hydrogen-bond donors (Lipinski definition) is 1. The summed E-state index contributed by atoms with van der Waals surface area (Å²) in [6, 6.07) is 7.81. The second kappa shape index (κ2) is 7.29. The van der Waals surface area contributed by atoms with E-state index in [1.54, 1.807) is 4.90 Å². The Bertz CT molecular complexity index is 438.